The fourth-order valence-electron chi connectivity index (χ4n) is 3.24. The lowest BCUT2D eigenvalue weighted by Gasteiger charge is -2.17. The highest BCUT2D eigenvalue weighted by atomic mass is 19.1. The topological polar surface area (TPSA) is 36.3 Å². The molecule has 5 heteroatoms. The second-order valence-electron chi connectivity index (χ2n) is 6.23. The van der Waals surface area contributed by atoms with Crippen LogP contribution in [0.3, 0.4) is 0 Å². The Morgan fingerprint density at radius 2 is 1.39 bits per heavy atom. The molecule has 0 N–H and O–H groups in total. The number of ether oxygens (including phenoxy) is 2. The minimum Gasteiger partial charge on any atom is -0.497 e. The number of hydrogen-bond acceptors (Lipinski definition) is 3. The van der Waals surface area contributed by atoms with E-state index >= 15 is 4.39 Å². The molecule has 0 saturated carbocycles. The lowest BCUT2D eigenvalue weighted by molar-refractivity contribution is 0.415. The monoisotopic (exact) mass is 374 g/mol. The second kappa shape index (κ2) is 7.56. The van der Waals surface area contributed by atoms with Crippen molar-refractivity contribution >= 4 is 0 Å². The first-order valence-electron chi connectivity index (χ1n) is 8.82. The number of hydrogen-bond donors (Lipinski definition) is 0. The van der Waals surface area contributed by atoms with Crippen molar-refractivity contribution < 1.29 is 13.9 Å². The molecule has 0 radical (unpaired) electrons. The van der Waals surface area contributed by atoms with Gasteiger partial charge in [-0.25, -0.2) is 9.07 Å². The summed E-state index contributed by atoms with van der Waals surface area (Å²) in [5.41, 5.74) is 3.73. The summed E-state index contributed by atoms with van der Waals surface area (Å²) in [6, 6.07) is 20.1. The summed E-state index contributed by atoms with van der Waals surface area (Å²) in [7, 11) is 3.24. The summed E-state index contributed by atoms with van der Waals surface area (Å²) >= 11 is 0. The van der Waals surface area contributed by atoms with Crippen LogP contribution in [0.4, 0.5) is 4.39 Å². The molecule has 0 bridgehead atoms. The molecule has 140 valence electrons. The molecule has 0 unspecified atom stereocenters. The number of nitrogens with zero attached hydrogens (tertiary/aromatic N) is 2. The molecular formula is C23H19FN2O2. The van der Waals surface area contributed by atoms with Gasteiger partial charge in [0.25, 0.3) is 0 Å². The van der Waals surface area contributed by atoms with Crippen molar-refractivity contribution in [3.05, 3.63) is 84.9 Å². The predicted molar refractivity (Wildman–Crippen MR) is 107 cm³/mol. The normalized spacial score (nSPS) is 10.7. The van der Waals surface area contributed by atoms with Gasteiger partial charge < -0.3 is 9.47 Å². The third kappa shape index (κ3) is 3.22. The fourth-order valence-corrected chi connectivity index (χ4v) is 3.24. The molecule has 1 aromatic heterocycles. The van der Waals surface area contributed by atoms with Gasteiger partial charge >= 0.3 is 0 Å². The standard InChI is InChI=1S/C23H19FN2O2/c1-27-18-8-4-16(5-9-18)20-12-13-21(24)22(23(20)26-15-3-14-25-26)17-6-10-19(28-2)11-7-17/h3-15H,1-2H3. The summed E-state index contributed by atoms with van der Waals surface area (Å²) in [4.78, 5) is 0. The largest absolute Gasteiger partial charge is 0.497 e. The maximum atomic E-state index is 15.0. The van der Waals surface area contributed by atoms with Gasteiger partial charge in [0.15, 0.2) is 0 Å². The first kappa shape index (κ1) is 17.8. The minimum absolute atomic E-state index is 0.312. The van der Waals surface area contributed by atoms with Crippen molar-refractivity contribution in [1.82, 2.24) is 9.78 Å². The highest BCUT2D eigenvalue weighted by molar-refractivity contribution is 5.85. The highest BCUT2D eigenvalue weighted by Gasteiger charge is 2.19. The molecule has 0 aliphatic heterocycles. The van der Waals surface area contributed by atoms with Crippen LogP contribution in [0.2, 0.25) is 0 Å². The Hall–Kier alpha value is -3.60. The van der Waals surface area contributed by atoms with Crippen LogP contribution < -0.4 is 9.47 Å². The van der Waals surface area contributed by atoms with Crippen LogP contribution in [0.25, 0.3) is 27.9 Å². The first-order chi connectivity index (χ1) is 13.7. The number of benzene rings is 3. The Labute approximate surface area is 162 Å². The lowest BCUT2D eigenvalue weighted by atomic mass is 9.95. The van der Waals surface area contributed by atoms with Gasteiger partial charge in [-0.05, 0) is 53.6 Å². The van der Waals surface area contributed by atoms with E-state index in [0.29, 0.717) is 11.3 Å². The van der Waals surface area contributed by atoms with E-state index in [-0.39, 0.29) is 5.82 Å². The molecule has 28 heavy (non-hydrogen) atoms. The molecule has 3 aromatic carbocycles. The van der Waals surface area contributed by atoms with E-state index in [9.17, 15) is 0 Å². The smallest absolute Gasteiger partial charge is 0.133 e. The van der Waals surface area contributed by atoms with E-state index in [1.807, 2.05) is 60.8 Å². The molecule has 0 atom stereocenters. The van der Waals surface area contributed by atoms with Crippen molar-refractivity contribution in [2.75, 3.05) is 14.2 Å². The number of rotatable bonds is 5. The van der Waals surface area contributed by atoms with Crippen molar-refractivity contribution in [1.29, 1.82) is 0 Å². The summed E-state index contributed by atoms with van der Waals surface area (Å²) in [6.07, 6.45) is 3.50. The summed E-state index contributed by atoms with van der Waals surface area (Å²) in [5, 5.41) is 4.37. The van der Waals surface area contributed by atoms with Crippen molar-refractivity contribution in [2.24, 2.45) is 0 Å². The molecular weight excluding hydrogens is 355 g/mol. The average molecular weight is 374 g/mol. The van der Waals surface area contributed by atoms with Gasteiger partial charge in [0.05, 0.1) is 19.9 Å². The van der Waals surface area contributed by atoms with E-state index in [1.54, 1.807) is 31.2 Å². The van der Waals surface area contributed by atoms with Gasteiger partial charge in [0, 0.05) is 23.5 Å². The SMILES string of the molecule is COc1ccc(-c2ccc(F)c(-c3ccc(OC)cc3)c2-n2cccn2)cc1. The van der Waals surface area contributed by atoms with E-state index in [2.05, 4.69) is 5.10 Å². The number of methoxy groups -OCH3 is 2. The molecule has 4 aromatic rings. The van der Waals surface area contributed by atoms with Gasteiger partial charge in [0.2, 0.25) is 0 Å². The summed E-state index contributed by atoms with van der Waals surface area (Å²) in [6.45, 7) is 0. The third-order valence-electron chi connectivity index (χ3n) is 4.64. The summed E-state index contributed by atoms with van der Waals surface area (Å²) in [5.74, 6) is 1.17. The van der Waals surface area contributed by atoms with Gasteiger partial charge in [-0.3, -0.25) is 0 Å². The maximum absolute atomic E-state index is 15.0. The van der Waals surface area contributed by atoms with Crippen LogP contribution in [0.5, 0.6) is 11.5 Å². The molecule has 4 rings (SSSR count). The van der Waals surface area contributed by atoms with Gasteiger partial charge in [0.1, 0.15) is 17.3 Å². The molecule has 0 spiro atoms. The average Bonchev–Trinajstić information content (AvgIpc) is 3.28. The minimum atomic E-state index is -0.312. The van der Waals surface area contributed by atoms with Crippen LogP contribution in [0.15, 0.2) is 79.1 Å². The molecule has 4 nitrogen and oxygen atoms in total. The molecule has 0 saturated heterocycles. The van der Waals surface area contributed by atoms with E-state index in [4.69, 9.17) is 9.47 Å². The molecule has 1 heterocycles. The predicted octanol–water partition coefficient (Wildman–Crippen LogP) is 5.36. The second-order valence-corrected chi connectivity index (χ2v) is 6.23. The molecule has 0 fully saturated rings. The Balaban J connectivity index is 1.96. The fraction of sp³-hybridized carbons (Fsp3) is 0.0870. The van der Waals surface area contributed by atoms with Gasteiger partial charge in [-0.2, -0.15) is 5.10 Å². The zero-order valence-corrected chi connectivity index (χ0v) is 15.6. The Morgan fingerprint density at radius 3 is 1.93 bits per heavy atom. The number of aromatic nitrogens is 2. The van der Waals surface area contributed by atoms with Crippen LogP contribution >= 0.6 is 0 Å². The third-order valence-corrected chi connectivity index (χ3v) is 4.64. The quantitative estimate of drug-likeness (QED) is 0.472. The van der Waals surface area contributed by atoms with E-state index < -0.39 is 0 Å². The van der Waals surface area contributed by atoms with Crippen LogP contribution in [0.1, 0.15) is 0 Å². The van der Waals surface area contributed by atoms with E-state index in [0.717, 1.165) is 28.2 Å². The molecule has 0 aliphatic carbocycles. The van der Waals surface area contributed by atoms with Gasteiger partial charge in [-0.15, -0.1) is 0 Å². The van der Waals surface area contributed by atoms with Crippen molar-refractivity contribution in [3.8, 4) is 39.4 Å². The van der Waals surface area contributed by atoms with E-state index in [1.165, 1.54) is 6.07 Å². The Morgan fingerprint density at radius 1 is 0.786 bits per heavy atom. The van der Waals surface area contributed by atoms with Crippen molar-refractivity contribution in [3.63, 3.8) is 0 Å². The van der Waals surface area contributed by atoms with Crippen LogP contribution in [-0.2, 0) is 0 Å². The molecule has 0 aliphatic rings. The van der Waals surface area contributed by atoms with Gasteiger partial charge in [-0.1, -0.05) is 24.3 Å². The van der Waals surface area contributed by atoms with Crippen molar-refractivity contribution in [2.45, 2.75) is 0 Å². The Kier molecular flexibility index (Phi) is 4.81. The molecule has 0 amide bonds. The highest BCUT2D eigenvalue weighted by Crippen LogP contribution is 2.38. The summed E-state index contributed by atoms with van der Waals surface area (Å²) < 4.78 is 27.2. The maximum Gasteiger partial charge on any atom is 0.133 e. The zero-order valence-electron chi connectivity index (χ0n) is 15.6. The zero-order chi connectivity index (χ0) is 19.5. The number of halogens is 1. The van der Waals surface area contributed by atoms with Crippen LogP contribution in [-0.4, -0.2) is 24.0 Å². The van der Waals surface area contributed by atoms with Crippen LogP contribution in [0, 0.1) is 5.82 Å². The first-order valence-corrected chi connectivity index (χ1v) is 8.82. The Bertz CT molecular complexity index is 1070. The lowest BCUT2D eigenvalue weighted by Crippen LogP contribution is -2.03.